The molecular weight excluding hydrogens is 665 g/mol. The monoisotopic (exact) mass is 710 g/mol. The third kappa shape index (κ3) is 7.18. The summed E-state index contributed by atoms with van der Waals surface area (Å²) < 4.78 is 23.3. The van der Waals surface area contributed by atoms with E-state index in [1.165, 1.54) is 12.2 Å². The van der Waals surface area contributed by atoms with Crippen molar-refractivity contribution in [3.63, 3.8) is 0 Å². The van der Waals surface area contributed by atoms with Crippen LogP contribution in [0.25, 0.3) is 22.3 Å². The van der Waals surface area contributed by atoms with Gasteiger partial charge in [-0.25, -0.2) is 19.6 Å². The van der Waals surface area contributed by atoms with Gasteiger partial charge >= 0.3 is 11.9 Å². The van der Waals surface area contributed by atoms with E-state index in [1.54, 1.807) is 0 Å². The number of hydrogen-bond acceptors (Lipinski definition) is 8. The van der Waals surface area contributed by atoms with Gasteiger partial charge in [0.1, 0.15) is 11.5 Å². The van der Waals surface area contributed by atoms with Crippen LogP contribution < -0.4 is 9.47 Å². The second kappa shape index (κ2) is 15.5. The number of rotatable bonds is 14. The molecule has 0 bridgehead atoms. The van der Waals surface area contributed by atoms with Gasteiger partial charge in [-0.15, -0.1) is 0 Å². The number of ether oxygens (including phenoxy) is 4. The fourth-order valence-corrected chi connectivity index (χ4v) is 7.25. The summed E-state index contributed by atoms with van der Waals surface area (Å²) in [6.07, 6.45) is 2.33. The highest BCUT2D eigenvalue weighted by Gasteiger charge is 2.49. The van der Waals surface area contributed by atoms with Crippen molar-refractivity contribution in [3.8, 4) is 22.8 Å². The van der Waals surface area contributed by atoms with E-state index in [1.807, 2.05) is 38.1 Å². The molecule has 0 saturated heterocycles. The maximum Gasteiger partial charge on any atom is 0.330 e. The quantitative estimate of drug-likeness (QED) is 0.0819. The van der Waals surface area contributed by atoms with E-state index < -0.39 is 17.4 Å². The Hall–Kier alpha value is -5.76. The molecule has 0 aliphatic heterocycles. The summed E-state index contributed by atoms with van der Waals surface area (Å²) in [4.78, 5) is 33.9. The fraction of sp³-hybridized carbons (Fsp3) is 0.289. The number of hydrogen-bond donors (Lipinski definition) is 0. The van der Waals surface area contributed by atoms with Gasteiger partial charge in [-0.2, -0.15) is 0 Å². The molecule has 53 heavy (non-hydrogen) atoms. The highest BCUT2D eigenvalue weighted by atomic mass is 16.5. The van der Waals surface area contributed by atoms with Crippen LogP contribution in [-0.2, 0) is 24.5 Å². The number of carbonyl (C=O) groups excluding carboxylic acids is 2. The standard InChI is InChI=1S/C45H46N2O6/c1-9-39(48)50-23-27(3)25-52-42-29(5)19-33(20-30(42)6)45(34-21-31(7)43(32(8)22-34)53-26-28(4)24-51-40(49)10-2)36-16-12-11-15-35(36)41-44(45)47-38-18-14-13-17-37(38)46-41/h9-22,27-28H,1-2,23-26H2,3-8H3. The number of esters is 2. The topological polar surface area (TPSA) is 96.8 Å². The summed E-state index contributed by atoms with van der Waals surface area (Å²) in [5, 5.41) is 0. The molecule has 1 heterocycles. The van der Waals surface area contributed by atoms with Crippen molar-refractivity contribution >= 4 is 23.0 Å². The Morgan fingerprint density at radius 2 is 1.09 bits per heavy atom. The minimum atomic E-state index is -0.816. The van der Waals surface area contributed by atoms with Crippen LogP contribution >= 0.6 is 0 Å². The summed E-state index contributed by atoms with van der Waals surface area (Å²) in [5.41, 5.74) is 10.7. The molecule has 5 aromatic rings. The van der Waals surface area contributed by atoms with Crippen LogP contribution in [0, 0.1) is 39.5 Å². The maximum absolute atomic E-state index is 11.6. The smallest absolute Gasteiger partial charge is 0.330 e. The van der Waals surface area contributed by atoms with Gasteiger partial charge < -0.3 is 18.9 Å². The van der Waals surface area contributed by atoms with Crippen LogP contribution in [0.3, 0.4) is 0 Å². The van der Waals surface area contributed by atoms with E-state index >= 15 is 0 Å². The van der Waals surface area contributed by atoms with Crippen LogP contribution in [0.5, 0.6) is 11.5 Å². The van der Waals surface area contributed by atoms with Gasteiger partial charge in [-0.05, 0) is 78.8 Å². The molecule has 0 fully saturated rings. The normalized spacial score (nSPS) is 15.5. The van der Waals surface area contributed by atoms with Gasteiger partial charge in [0, 0.05) is 29.6 Å². The number of fused-ring (bicyclic) bond motifs is 4. The molecule has 2 atom stereocenters. The van der Waals surface area contributed by atoms with Crippen LogP contribution in [0.1, 0.15) is 58.5 Å². The number of nitrogens with zero attached hydrogens (tertiary/aromatic N) is 2. The molecule has 0 spiro atoms. The summed E-state index contributed by atoms with van der Waals surface area (Å²) in [5.74, 6) is 0.670. The average Bonchev–Trinajstić information content (AvgIpc) is 3.44. The van der Waals surface area contributed by atoms with Crippen LogP contribution in [0.4, 0.5) is 0 Å². The molecule has 4 aromatic carbocycles. The minimum absolute atomic E-state index is 0.0160. The second-order valence-corrected chi connectivity index (χ2v) is 14.1. The third-order valence-corrected chi connectivity index (χ3v) is 9.68. The first-order chi connectivity index (χ1) is 25.5. The predicted molar refractivity (Wildman–Crippen MR) is 207 cm³/mol. The summed E-state index contributed by atoms with van der Waals surface area (Å²) in [7, 11) is 0. The first-order valence-electron chi connectivity index (χ1n) is 17.9. The zero-order chi connectivity index (χ0) is 37.9. The molecule has 1 aliphatic rings. The van der Waals surface area contributed by atoms with Crippen molar-refractivity contribution < 1.29 is 28.5 Å². The van der Waals surface area contributed by atoms with E-state index in [9.17, 15) is 9.59 Å². The highest BCUT2D eigenvalue weighted by molar-refractivity contribution is 5.88. The van der Waals surface area contributed by atoms with Crippen molar-refractivity contribution in [2.75, 3.05) is 26.4 Å². The van der Waals surface area contributed by atoms with Gasteiger partial charge in [0.2, 0.25) is 0 Å². The molecule has 6 rings (SSSR count). The zero-order valence-electron chi connectivity index (χ0n) is 31.3. The molecule has 1 aliphatic carbocycles. The summed E-state index contributed by atoms with van der Waals surface area (Å²) >= 11 is 0. The first kappa shape index (κ1) is 37.0. The van der Waals surface area contributed by atoms with E-state index in [4.69, 9.17) is 28.9 Å². The SMILES string of the molecule is C=CC(=O)OCC(C)COc1c(C)cc(C2(c3cc(C)c(OCC(C)COC(=O)C=C)c(C)c3)c3ccccc3-c3nc4ccccc4nc32)cc1C. The number of aryl methyl sites for hydroxylation is 4. The molecule has 8 heteroatoms. The van der Waals surface area contributed by atoms with E-state index in [-0.39, 0.29) is 25.0 Å². The van der Waals surface area contributed by atoms with Gasteiger partial charge in [-0.1, -0.05) is 87.7 Å². The lowest BCUT2D eigenvalue weighted by Gasteiger charge is -2.34. The number of aromatic nitrogens is 2. The lowest BCUT2D eigenvalue weighted by atomic mass is 9.68. The van der Waals surface area contributed by atoms with Crippen LogP contribution in [0.15, 0.2) is 98.1 Å². The fourth-order valence-electron chi connectivity index (χ4n) is 7.25. The second-order valence-electron chi connectivity index (χ2n) is 14.1. The molecule has 8 nitrogen and oxygen atoms in total. The molecule has 0 N–H and O–H groups in total. The maximum atomic E-state index is 11.6. The van der Waals surface area contributed by atoms with Gasteiger partial charge in [0.05, 0.1) is 54.3 Å². The Morgan fingerprint density at radius 1 is 0.660 bits per heavy atom. The molecule has 0 radical (unpaired) electrons. The summed E-state index contributed by atoms with van der Waals surface area (Å²) in [6, 6.07) is 25.3. The molecular formula is C45H46N2O6. The highest BCUT2D eigenvalue weighted by Crippen LogP contribution is 2.56. The zero-order valence-corrected chi connectivity index (χ0v) is 31.3. The molecule has 0 saturated carbocycles. The van der Waals surface area contributed by atoms with Crippen molar-refractivity contribution in [2.24, 2.45) is 11.8 Å². The number of para-hydroxylation sites is 2. The average molecular weight is 711 g/mol. The summed E-state index contributed by atoms with van der Waals surface area (Å²) in [6.45, 7) is 20.4. The van der Waals surface area contributed by atoms with Crippen LogP contribution in [-0.4, -0.2) is 48.3 Å². The first-order valence-corrected chi connectivity index (χ1v) is 17.9. The number of carbonyl (C=O) groups is 2. The van der Waals surface area contributed by atoms with Crippen molar-refractivity contribution in [1.29, 1.82) is 0 Å². The molecule has 2 unspecified atom stereocenters. The lowest BCUT2D eigenvalue weighted by Crippen LogP contribution is -2.30. The van der Waals surface area contributed by atoms with Crippen molar-refractivity contribution in [2.45, 2.75) is 47.0 Å². The van der Waals surface area contributed by atoms with Crippen LogP contribution in [0.2, 0.25) is 0 Å². The van der Waals surface area contributed by atoms with E-state index in [0.717, 1.165) is 78.4 Å². The Balaban J connectivity index is 1.48. The number of benzene rings is 4. The Labute approximate surface area is 311 Å². The molecule has 272 valence electrons. The predicted octanol–water partition coefficient (Wildman–Crippen LogP) is 8.71. The Bertz CT molecular complexity index is 2090. The van der Waals surface area contributed by atoms with E-state index in [2.05, 4.69) is 89.4 Å². The van der Waals surface area contributed by atoms with Crippen molar-refractivity contribution in [1.82, 2.24) is 9.97 Å². The largest absolute Gasteiger partial charge is 0.493 e. The van der Waals surface area contributed by atoms with Gasteiger partial charge in [0.25, 0.3) is 0 Å². The molecule has 0 amide bonds. The van der Waals surface area contributed by atoms with E-state index in [0.29, 0.717) is 13.2 Å². The third-order valence-electron chi connectivity index (χ3n) is 9.68. The Kier molecular flexibility index (Phi) is 10.8. The molecule has 1 aromatic heterocycles. The minimum Gasteiger partial charge on any atom is -0.493 e. The van der Waals surface area contributed by atoms with Gasteiger partial charge in [-0.3, -0.25) is 0 Å². The van der Waals surface area contributed by atoms with Crippen molar-refractivity contribution in [3.05, 3.63) is 143 Å². The lowest BCUT2D eigenvalue weighted by molar-refractivity contribution is -0.140. The Morgan fingerprint density at radius 3 is 1.57 bits per heavy atom. The van der Waals surface area contributed by atoms with Gasteiger partial charge in [0.15, 0.2) is 0 Å².